The van der Waals surface area contributed by atoms with Crippen LogP contribution in [0.4, 0.5) is 0 Å². The van der Waals surface area contributed by atoms with Crippen molar-refractivity contribution in [1.29, 1.82) is 0 Å². The second kappa shape index (κ2) is 10.3. The van der Waals surface area contributed by atoms with E-state index < -0.39 is 6.10 Å². The van der Waals surface area contributed by atoms with E-state index in [2.05, 4.69) is 4.90 Å². The van der Waals surface area contributed by atoms with E-state index in [9.17, 15) is 9.59 Å². The Morgan fingerprint density at radius 1 is 1.11 bits per heavy atom. The van der Waals surface area contributed by atoms with Gasteiger partial charge in [0, 0.05) is 32.2 Å². The van der Waals surface area contributed by atoms with Crippen LogP contribution in [-0.2, 0) is 25.7 Å². The second-order valence-corrected chi connectivity index (χ2v) is 6.80. The average molecular weight is 378 g/mol. The van der Waals surface area contributed by atoms with Gasteiger partial charge in [-0.3, -0.25) is 14.5 Å². The van der Waals surface area contributed by atoms with E-state index in [1.54, 1.807) is 14.0 Å². The Bertz CT molecular complexity index is 629. The maximum absolute atomic E-state index is 12.6. The molecule has 0 aliphatic carbocycles. The van der Waals surface area contributed by atoms with E-state index in [1.807, 2.05) is 36.1 Å². The van der Waals surface area contributed by atoms with Crippen molar-refractivity contribution in [3.05, 3.63) is 29.8 Å². The minimum atomic E-state index is -0.504. The number of carbonyl (C=O) groups excluding carboxylic acids is 2. The molecule has 1 fully saturated rings. The molecular weight excluding hydrogens is 348 g/mol. The van der Waals surface area contributed by atoms with Crippen LogP contribution in [0.25, 0.3) is 0 Å². The highest BCUT2D eigenvalue weighted by atomic mass is 16.5. The fraction of sp³-hybridized carbons (Fsp3) is 0.600. The van der Waals surface area contributed by atoms with Gasteiger partial charge in [-0.1, -0.05) is 12.1 Å². The Hall–Kier alpha value is -2.12. The fourth-order valence-corrected chi connectivity index (χ4v) is 3.15. The fourth-order valence-electron chi connectivity index (χ4n) is 3.15. The summed E-state index contributed by atoms with van der Waals surface area (Å²) < 4.78 is 15.7. The first kappa shape index (κ1) is 21.2. The molecule has 1 aliphatic rings. The van der Waals surface area contributed by atoms with Crippen molar-refractivity contribution in [2.75, 3.05) is 40.4 Å². The first-order valence-electron chi connectivity index (χ1n) is 9.28. The molecule has 1 aromatic rings. The Balaban J connectivity index is 1.78. The topological polar surface area (TPSA) is 68.3 Å². The molecule has 1 aliphatic heterocycles. The first-order chi connectivity index (χ1) is 12.9. The summed E-state index contributed by atoms with van der Waals surface area (Å²) in [4.78, 5) is 28.1. The standard InChI is InChI=1S/C20H30N2O5/c1-15(12-19(23)26-4)21-8-10-22(11-9-21)20(24)16(2)27-14-17-6-5-7-18(13-17)25-3/h5-7,13,15-16H,8-12,14H2,1-4H3/t15-,16+/m0/s1. The van der Waals surface area contributed by atoms with Gasteiger partial charge in [-0.05, 0) is 31.5 Å². The van der Waals surface area contributed by atoms with Gasteiger partial charge in [0.15, 0.2) is 0 Å². The van der Waals surface area contributed by atoms with E-state index in [0.29, 0.717) is 26.1 Å². The van der Waals surface area contributed by atoms with Gasteiger partial charge < -0.3 is 19.1 Å². The first-order valence-corrected chi connectivity index (χ1v) is 9.28. The van der Waals surface area contributed by atoms with Crippen LogP contribution in [0.1, 0.15) is 25.8 Å². The third-order valence-corrected chi connectivity index (χ3v) is 4.92. The molecule has 0 bridgehead atoms. The van der Waals surface area contributed by atoms with Crippen LogP contribution in [0.2, 0.25) is 0 Å². The molecule has 0 spiro atoms. The molecule has 1 amide bonds. The number of ether oxygens (including phenoxy) is 3. The molecule has 7 nitrogen and oxygen atoms in total. The molecule has 0 N–H and O–H groups in total. The lowest BCUT2D eigenvalue weighted by molar-refractivity contribution is -0.147. The summed E-state index contributed by atoms with van der Waals surface area (Å²) >= 11 is 0. The van der Waals surface area contributed by atoms with Gasteiger partial charge in [0.1, 0.15) is 11.9 Å². The Morgan fingerprint density at radius 3 is 2.44 bits per heavy atom. The molecule has 0 unspecified atom stereocenters. The molecule has 150 valence electrons. The smallest absolute Gasteiger partial charge is 0.307 e. The van der Waals surface area contributed by atoms with Gasteiger partial charge >= 0.3 is 5.97 Å². The summed E-state index contributed by atoms with van der Waals surface area (Å²) in [7, 11) is 3.02. The third kappa shape index (κ3) is 6.22. The summed E-state index contributed by atoms with van der Waals surface area (Å²) in [6.45, 7) is 6.91. The van der Waals surface area contributed by atoms with Gasteiger partial charge in [-0.15, -0.1) is 0 Å². The van der Waals surface area contributed by atoms with Crippen molar-refractivity contribution < 1.29 is 23.8 Å². The maximum atomic E-state index is 12.6. The van der Waals surface area contributed by atoms with Crippen LogP contribution in [-0.4, -0.2) is 74.2 Å². The van der Waals surface area contributed by atoms with Crippen LogP contribution in [0.5, 0.6) is 5.75 Å². The van der Waals surface area contributed by atoms with E-state index in [1.165, 1.54) is 7.11 Å². The SMILES string of the molecule is COC(=O)C[C@H](C)N1CCN(C(=O)[C@@H](C)OCc2cccc(OC)c2)CC1. The van der Waals surface area contributed by atoms with Crippen molar-refractivity contribution in [2.24, 2.45) is 0 Å². The number of carbonyl (C=O) groups is 2. The number of amides is 1. The van der Waals surface area contributed by atoms with Crippen LogP contribution in [0.3, 0.4) is 0 Å². The molecule has 0 aromatic heterocycles. The highest BCUT2D eigenvalue weighted by Gasteiger charge is 2.28. The summed E-state index contributed by atoms with van der Waals surface area (Å²) in [5.74, 6) is 0.561. The van der Waals surface area contributed by atoms with Crippen molar-refractivity contribution in [2.45, 2.75) is 39.0 Å². The molecule has 0 saturated carbocycles. The summed E-state index contributed by atoms with van der Waals surface area (Å²) in [5, 5.41) is 0. The van der Waals surface area contributed by atoms with Crippen molar-refractivity contribution in [3.63, 3.8) is 0 Å². The van der Waals surface area contributed by atoms with Gasteiger partial charge in [0.2, 0.25) is 0 Å². The van der Waals surface area contributed by atoms with Gasteiger partial charge in [-0.2, -0.15) is 0 Å². The monoisotopic (exact) mass is 378 g/mol. The minimum Gasteiger partial charge on any atom is -0.497 e. The highest BCUT2D eigenvalue weighted by Crippen LogP contribution is 2.15. The molecule has 7 heteroatoms. The van der Waals surface area contributed by atoms with Crippen LogP contribution in [0.15, 0.2) is 24.3 Å². The molecule has 2 atom stereocenters. The predicted octanol–water partition coefficient (Wildman–Crippen LogP) is 1.70. The Morgan fingerprint density at radius 2 is 1.81 bits per heavy atom. The summed E-state index contributed by atoms with van der Waals surface area (Å²) in [5.41, 5.74) is 0.968. The number of piperazine rings is 1. The molecule has 1 saturated heterocycles. The number of esters is 1. The lowest BCUT2D eigenvalue weighted by Gasteiger charge is -2.38. The number of nitrogens with zero attached hydrogens (tertiary/aromatic N) is 2. The lowest BCUT2D eigenvalue weighted by Crippen LogP contribution is -2.53. The quantitative estimate of drug-likeness (QED) is 0.642. The van der Waals surface area contributed by atoms with Crippen LogP contribution < -0.4 is 4.74 Å². The minimum absolute atomic E-state index is 0.00170. The summed E-state index contributed by atoms with van der Waals surface area (Å²) in [6, 6.07) is 7.73. The third-order valence-electron chi connectivity index (χ3n) is 4.92. The zero-order valence-corrected chi connectivity index (χ0v) is 16.6. The van der Waals surface area contributed by atoms with E-state index >= 15 is 0 Å². The average Bonchev–Trinajstić information content (AvgIpc) is 2.71. The Labute approximate surface area is 161 Å². The van der Waals surface area contributed by atoms with Crippen molar-refractivity contribution >= 4 is 11.9 Å². The number of benzene rings is 1. The second-order valence-electron chi connectivity index (χ2n) is 6.80. The van der Waals surface area contributed by atoms with E-state index in [0.717, 1.165) is 24.4 Å². The van der Waals surface area contributed by atoms with Gasteiger partial charge in [-0.25, -0.2) is 0 Å². The largest absolute Gasteiger partial charge is 0.497 e. The number of hydrogen-bond acceptors (Lipinski definition) is 6. The lowest BCUT2D eigenvalue weighted by atomic mass is 10.1. The normalized spacial score (nSPS) is 17.3. The van der Waals surface area contributed by atoms with Gasteiger partial charge in [0.25, 0.3) is 5.91 Å². The van der Waals surface area contributed by atoms with E-state index in [4.69, 9.17) is 14.2 Å². The molecular formula is C20H30N2O5. The maximum Gasteiger partial charge on any atom is 0.307 e. The molecule has 0 radical (unpaired) electrons. The molecule has 27 heavy (non-hydrogen) atoms. The van der Waals surface area contributed by atoms with Crippen LogP contribution in [0, 0.1) is 0 Å². The zero-order valence-electron chi connectivity index (χ0n) is 16.6. The number of hydrogen-bond donors (Lipinski definition) is 0. The zero-order chi connectivity index (χ0) is 19.8. The van der Waals surface area contributed by atoms with Gasteiger partial charge in [0.05, 0.1) is 27.2 Å². The number of methoxy groups -OCH3 is 2. The summed E-state index contributed by atoms with van der Waals surface area (Å²) in [6.07, 6.45) is -0.139. The molecule has 2 rings (SSSR count). The Kier molecular flexibility index (Phi) is 8.06. The molecule has 1 heterocycles. The van der Waals surface area contributed by atoms with Crippen molar-refractivity contribution in [1.82, 2.24) is 9.80 Å². The highest BCUT2D eigenvalue weighted by molar-refractivity contribution is 5.80. The van der Waals surface area contributed by atoms with Crippen LogP contribution >= 0.6 is 0 Å². The van der Waals surface area contributed by atoms with E-state index in [-0.39, 0.29) is 17.9 Å². The molecule has 1 aromatic carbocycles. The number of rotatable bonds is 8. The van der Waals surface area contributed by atoms with Crippen molar-refractivity contribution in [3.8, 4) is 5.75 Å². The predicted molar refractivity (Wildman–Crippen MR) is 101 cm³/mol.